The lowest BCUT2D eigenvalue weighted by molar-refractivity contribution is 0.694. The standard InChI is InChI=1S/C15H15ClN2S/c16-12-8-4-3-7-11(12)15-17-13(9-14(19)18-15)10-5-1-2-6-10/h3-4,7-10H,1-2,5-6H2,(H,17,18,19). The lowest BCUT2D eigenvalue weighted by Gasteiger charge is -2.12. The van der Waals surface area contributed by atoms with Gasteiger partial charge in [0.25, 0.3) is 0 Å². The van der Waals surface area contributed by atoms with Crippen molar-refractivity contribution in [3.8, 4) is 11.4 Å². The van der Waals surface area contributed by atoms with Gasteiger partial charge in [0.15, 0.2) is 0 Å². The third-order valence-electron chi connectivity index (χ3n) is 3.69. The molecule has 1 heterocycles. The van der Waals surface area contributed by atoms with Crippen LogP contribution in [0.5, 0.6) is 0 Å². The summed E-state index contributed by atoms with van der Waals surface area (Å²) in [5, 5.41) is 0.698. The molecule has 0 aliphatic heterocycles. The summed E-state index contributed by atoms with van der Waals surface area (Å²) in [7, 11) is 0. The van der Waals surface area contributed by atoms with Crippen molar-refractivity contribution in [2.75, 3.05) is 0 Å². The molecule has 1 fully saturated rings. The van der Waals surface area contributed by atoms with E-state index < -0.39 is 0 Å². The Morgan fingerprint density at radius 1 is 1.21 bits per heavy atom. The molecule has 0 amide bonds. The molecule has 1 aromatic carbocycles. The van der Waals surface area contributed by atoms with Crippen molar-refractivity contribution < 1.29 is 0 Å². The van der Waals surface area contributed by atoms with Gasteiger partial charge < -0.3 is 4.98 Å². The molecule has 19 heavy (non-hydrogen) atoms. The molecule has 2 aromatic rings. The summed E-state index contributed by atoms with van der Waals surface area (Å²) in [6, 6.07) is 9.71. The van der Waals surface area contributed by atoms with Crippen LogP contribution in [0.4, 0.5) is 0 Å². The monoisotopic (exact) mass is 290 g/mol. The minimum atomic E-state index is 0.589. The van der Waals surface area contributed by atoms with Gasteiger partial charge in [0.05, 0.1) is 5.02 Å². The average molecular weight is 291 g/mol. The normalized spacial score (nSPS) is 15.8. The highest BCUT2D eigenvalue weighted by Gasteiger charge is 2.18. The van der Waals surface area contributed by atoms with E-state index in [0.717, 1.165) is 11.4 Å². The lowest BCUT2D eigenvalue weighted by Crippen LogP contribution is -2.00. The Labute approximate surface area is 122 Å². The van der Waals surface area contributed by atoms with E-state index in [1.165, 1.54) is 31.4 Å². The van der Waals surface area contributed by atoms with Crippen molar-refractivity contribution >= 4 is 23.8 Å². The van der Waals surface area contributed by atoms with Gasteiger partial charge in [-0.15, -0.1) is 0 Å². The number of H-pyrrole nitrogens is 1. The summed E-state index contributed by atoms with van der Waals surface area (Å²) in [5.41, 5.74) is 2.11. The molecule has 1 aromatic heterocycles. The van der Waals surface area contributed by atoms with Crippen LogP contribution < -0.4 is 0 Å². The van der Waals surface area contributed by atoms with Crippen LogP contribution in [0.1, 0.15) is 37.3 Å². The number of aromatic nitrogens is 2. The molecular formula is C15H15ClN2S. The number of aromatic amines is 1. The lowest BCUT2D eigenvalue weighted by atomic mass is 10.0. The van der Waals surface area contributed by atoms with Crippen LogP contribution in [-0.2, 0) is 0 Å². The number of nitrogens with one attached hydrogen (secondary N) is 1. The van der Waals surface area contributed by atoms with E-state index >= 15 is 0 Å². The van der Waals surface area contributed by atoms with Gasteiger partial charge in [0.2, 0.25) is 0 Å². The number of hydrogen-bond acceptors (Lipinski definition) is 2. The molecule has 4 heteroatoms. The summed E-state index contributed by atoms with van der Waals surface area (Å²) in [4.78, 5) is 7.83. The van der Waals surface area contributed by atoms with Gasteiger partial charge in [-0.25, -0.2) is 4.98 Å². The Hall–Kier alpha value is -1.19. The van der Waals surface area contributed by atoms with E-state index in [0.29, 0.717) is 15.6 Å². The van der Waals surface area contributed by atoms with Gasteiger partial charge in [-0.05, 0) is 37.0 Å². The number of halogens is 1. The molecule has 1 N–H and O–H groups in total. The van der Waals surface area contributed by atoms with Crippen LogP contribution in [0.25, 0.3) is 11.4 Å². The van der Waals surface area contributed by atoms with E-state index in [9.17, 15) is 0 Å². The van der Waals surface area contributed by atoms with Crippen LogP contribution in [0.2, 0.25) is 5.02 Å². The third kappa shape index (κ3) is 2.72. The second-order valence-corrected chi connectivity index (χ2v) is 5.81. The molecular weight excluding hydrogens is 276 g/mol. The van der Waals surface area contributed by atoms with Crippen molar-refractivity contribution in [2.45, 2.75) is 31.6 Å². The highest BCUT2D eigenvalue weighted by atomic mass is 35.5. The van der Waals surface area contributed by atoms with Crippen LogP contribution >= 0.6 is 23.8 Å². The largest absolute Gasteiger partial charge is 0.343 e. The zero-order chi connectivity index (χ0) is 13.2. The average Bonchev–Trinajstić information content (AvgIpc) is 2.92. The smallest absolute Gasteiger partial charge is 0.140 e. The first-order chi connectivity index (χ1) is 9.24. The first-order valence-electron chi connectivity index (χ1n) is 6.60. The van der Waals surface area contributed by atoms with Crippen molar-refractivity contribution in [2.24, 2.45) is 0 Å². The van der Waals surface area contributed by atoms with E-state index in [1.54, 1.807) is 0 Å². The van der Waals surface area contributed by atoms with Gasteiger partial charge in [0, 0.05) is 11.3 Å². The van der Waals surface area contributed by atoms with Gasteiger partial charge in [0.1, 0.15) is 10.5 Å². The maximum Gasteiger partial charge on any atom is 0.140 e. The second-order valence-electron chi connectivity index (χ2n) is 4.98. The highest BCUT2D eigenvalue weighted by molar-refractivity contribution is 7.71. The van der Waals surface area contributed by atoms with E-state index in [2.05, 4.69) is 9.97 Å². The van der Waals surface area contributed by atoms with Crippen LogP contribution in [0, 0.1) is 4.64 Å². The molecule has 1 saturated carbocycles. The van der Waals surface area contributed by atoms with E-state index in [4.69, 9.17) is 23.8 Å². The molecule has 2 nitrogen and oxygen atoms in total. The number of hydrogen-bond donors (Lipinski definition) is 1. The molecule has 0 saturated heterocycles. The maximum atomic E-state index is 6.23. The van der Waals surface area contributed by atoms with E-state index in [-0.39, 0.29) is 0 Å². The molecule has 1 aliphatic carbocycles. The zero-order valence-electron chi connectivity index (χ0n) is 10.5. The molecule has 0 radical (unpaired) electrons. The first kappa shape index (κ1) is 12.8. The molecule has 3 rings (SSSR count). The van der Waals surface area contributed by atoms with Gasteiger partial charge in [-0.3, -0.25) is 0 Å². The molecule has 0 unspecified atom stereocenters. The first-order valence-corrected chi connectivity index (χ1v) is 7.39. The van der Waals surface area contributed by atoms with Crippen molar-refractivity contribution in [3.63, 3.8) is 0 Å². The van der Waals surface area contributed by atoms with Crippen molar-refractivity contribution in [3.05, 3.63) is 45.7 Å². The minimum absolute atomic E-state index is 0.589. The molecule has 0 spiro atoms. The Morgan fingerprint density at radius 2 is 1.95 bits per heavy atom. The van der Waals surface area contributed by atoms with Gasteiger partial charge in [-0.1, -0.05) is 48.8 Å². The topological polar surface area (TPSA) is 28.7 Å². The Kier molecular flexibility index (Phi) is 3.67. The zero-order valence-corrected chi connectivity index (χ0v) is 12.1. The molecule has 0 bridgehead atoms. The predicted octanol–water partition coefficient (Wildman–Crippen LogP) is 5.12. The number of benzene rings is 1. The fraction of sp³-hybridized carbons (Fsp3) is 0.333. The summed E-state index contributed by atoms with van der Waals surface area (Å²) in [5.74, 6) is 1.37. The Balaban J connectivity index is 2.07. The quantitative estimate of drug-likeness (QED) is 0.778. The Morgan fingerprint density at radius 3 is 2.68 bits per heavy atom. The third-order valence-corrected chi connectivity index (χ3v) is 4.23. The molecule has 98 valence electrons. The van der Waals surface area contributed by atoms with Crippen LogP contribution in [0.3, 0.4) is 0 Å². The van der Waals surface area contributed by atoms with E-state index in [1.807, 2.05) is 30.3 Å². The fourth-order valence-corrected chi connectivity index (χ4v) is 3.16. The summed E-state index contributed by atoms with van der Waals surface area (Å²) in [6.07, 6.45) is 5.07. The van der Waals surface area contributed by atoms with Crippen molar-refractivity contribution in [1.29, 1.82) is 0 Å². The predicted molar refractivity (Wildman–Crippen MR) is 81.1 cm³/mol. The Bertz CT molecular complexity index is 645. The minimum Gasteiger partial charge on any atom is -0.343 e. The summed E-state index contributed by atoms with van der Waals surface area (Å²) in [6.45, 7) is 0. The summed E-state index contributed by atoms with van der Waals surface area (Å²) < 4.78 is 0.635. The maximum absolute atomic E-state index is 6.23. The van der Waals surface area contributed by atoms with Crippen molar-refractivity contribution in [1.82, 2.24) is 9.97 Å². The highest BCUT2D eigenvalue weighted by Crippen LogP contribution is 2.34. The van der Waals surface area contributed by atoms with Crippen LogP contribution in [0.15, 0.2) is 30.3 Å². The van der Waals surface area contributed by atoms with Gasteiger partial charge in [-0.2, -0.15) is 0 Å². The number of nitrogens with zero attached hydrogens (tertiary/aromatic N) is 1. The SMILES string of the molecule is S=c1cc(C2CCCC2)[nH]c(-c2ccccc2Cl)n1. The number of rotatable bonds is 2. The fourth-order valence-electron chi connectivity index (χ4n) is 2.71. The molecule has 0 atom stereocenters. The molecule has 1 aliphatic rings. The van der Waals surface area contributed by atoms with Gasteiger partial charge >= 0.3 is 0 Å². The second kappa shape index (κ2) is 5.43. The summed E-state index contributed by atoms with van der Waals surface area (Å²) >= 11 is 11.5. The van der Waals surface area contributed by atoms with Crippen LogP contribution in [-0.4, -0.2) is 9.97 Å².